The number of aryl methyl sites for hydroxylation is 1. The van der Waals surface area contributed by atoms with Gasteiger partial charge in [0.25, 0.3) is 0 Å². The van der Waals surface area contributed by atoms with Crippen molar-refractivity contribution >= 4 is 40.3 Å². The zero-order valence-electron chi connectivity index (χ0n) is 17.1. The van der Waals surface area contributed by atoms with E-state index in [4.69, 9.17) is 0 Å². The van der Waals surface area contributed by atoms with Crippen LogP contribution in [-0.4, -0.2) is 51.4 Å². The van der Waals surface area contributed by atoms with Crippen LogP contribution in [0.5, 0.6) is 0 Å². The lowest BCUT2D eigenvalue weighted by molar-refractivity contribution is -0.141. The van der Waals surface area contributed by atoms with Gasteiger partial charge in [0.05, 0.1) is 22.7 Å². The molecule has 2 fully saturated rings. The van der Waals surface area contributed by atoms with Gasteiger partial charge in [-0.1, -0.05) is 0 Å². The molecule has 3 N–H and O–H groups in total. The summed E-state index contributed by atoms with van der Waals surface area (Å²) in [6.45, 7) is 3.92. The van der Waals surface area contributed by atoms with E-state index in [0.29, 0.717) is 17.7 Å². The van der Waals surface area contributed by atoms with E-state index in [9.17, 15) is 29.1 Å². The fourth-order valence-corrected chi connectivity index (χ4v) is 5.51. The summed E-state index contributed by atoms with van der Waals surface area (Å²) in [5.41, 5.74) is -1.78. The van der Waals surface area contributed by atoms with Gasteiger partial charge in [0, 0.05) is 37.1 Å². The normalized spacial score (nSPS) is 29.1. The van der Waals surface area contributed by atoms with Crippen LogP contribution in [0, 0.1) is 11.8 Å². The summed E-state index contributed by atoms with van der Waals surface area (Å²) < 4.78 is 1.63. The highest BCUT2D eigenvalue weighted by Gasteiger charge is 2.69. The maximum absolute atomic E-state index is 13.3. The molecular formula is C21H20N4O6. The number of likely N-dealkylation sites (tertiary alicyclic amines) is 1. The highest BCUT2D eigenvalue weighted by molar-refractivity contribution is 6.17. The van der Waals surface area contributed by atoms with Crippen molar-refractivity contribution in [3.63, 3.8) is 0 Å². The molecule has 2 saturated heterocycles. The number of carbonyl (C=O) groups excluding carboxylic acids is 3. The number of carboxylic acids is 1. The molecule has 3 amide bonds. The zero-order valence-corrected chi connectivity index (χ0v) is 17.1. The molecule has 10 heteroatoms. The predicted molar refractivity (Wildman–Crippen MR) is 109 cm³/mol. The van der Waals surface area contributed by atoms with Crippen molar-refractivity contribution in [1.29, 1.82) is 0 Å². The fourth-order valence-electron chi connectivity index (χ4n) is 5.51. The van der Waals surface area contributed by atoms with Gasteiger partial charge in [-0.15, -0.1) is 0 Å². The van der Waals surface area contributed by atoms with Crippen LogP contribution in [-0.2, 0) is 26.5 Å². The SMILES string of the molecule is CCn1cc(C(=O)O)c(=O)c2c3c(ccc21)NC(=O)C31NC(C)C2C(=O)N(C)C(=O)C21. The predicted octanol–water partition coefficient (Wildman–Crippen LogP) is 0.0897. The molecule has 4 atom stereocenters. The first-order chi connectivity index (χ1) is 14.6. The molecule has 0 bridgehead atoms. The molecule has 0 saturated carbocycles. The quantitative estimate of drug-likeness (QED) is 0.581. The van der Waals surface area contributed by atoms with Gasteiger partial charge in [-0.25, -0.2) is 4.79 Å². The molecule has 0 aliphatic carbocycles. The number of rotatable bonds is 2. The van der Waals surface area contributed by atoms with E-state index in [0.717, 1.165) is 4.90 Å². The van der Waals surface area contributed by atoms with Crippen molar-refractivity contribution in [1.82, 2.24) is 14.8 Å². The van der Waals surface area contributed by atoms with Crippen LogP contribution >= 0.6 is 0 Å². The first-order valence-electron chi connectivity index (χ1n) is 9.99. The number of imide groups is 1. The summed E-state index contributed by atoms with van der Waals surface area (Å²) in [4.78, 5) is 65.3. The zero-order chi connectivity index (χ0) is 22.4. The monoisotopic (exact) mass is 424 g/mol. The Morgan fingerprint density at radius 1 is 1.19 bits per heavy atom. The lowest BCUT2D eigenvalue weighted by Crippen LogP contribution is -2.52. The number of hydrogen-bond donors (Lipinski definition) is 3. The number of pyridine rings is 1. The largest absolute Gasteiger partial charge is 0.477 e. The van der Waals surface area contributed by atoms with Crippen LogP contribution in [0.4, 0.5) is 5.69 Å². The number of nitrogens with one attached hydrogen (secondary N) is 2. The average molecular weight is 424 g/mol. The second-order valence-corrected chi connectivity index (χ2v) is 8.28. The Hall–Kier alpha value is -3.53. The van der Waals surface area contributed by atoms with E-state index in [2.05, 4.69) is 10.6 Å². The highest BCUT2D eigenvalue weighted by atomic mass is 16.4. The summed E-state index contributed by atoms with van der Waals surface area (Å²) in [7, 11) is 1.38. The van der Waals surface area contributed by atoms with Crippen molar-refractivity contribution < 1.29 is 24.3 Å². The van der Waals surface area contributed by atoms with E-state index in [1.807, 2.05) is 6.92 Å². The van der Waals surface area contributed by atoms with Crippen LogP contribution in [0.3, 0.4) is 0 Å². The van der Waals surface area contributed by atoms with Gasteiger partial charge in [-0.3, -0.25) is 29.4 Å². The Balaban J connectivity index is 1.92. The standard InChI is InChI=1S/C21H20N4O6/c1-4-25-7-9(19(29)30)16(26)13-11(25)6-5-10-14(13)21(20(31)22-10)15-12(8(2)23-21)17(27)24(3)18(15)28/h5-8,12,15,23H,4H2,1-3H3,(H,22,31)(H,29,30). The third-order valence-electron chi connectivity index (χ3n) is 6.85. The second-order valence-electron chi connectivity index (χ2n) is 8.28. The van der Waals surface area contributed by atoms with Gasteiger partial charge < -0.3 is 15.0 Å². The number of amides is 3. The maximum atomic E-state index is 13.3. The first kappa shape index (κ1) is 19.4. The minimum absolute atomic E-state index is 0.0627. The van der Waals surface area contributed by atoms with Crippen molar-refractivity contribution in [2.45, 2.75) is 32.0 Å². The molecule has 4 heterocycles. The number of aromatic carboxylic acids is 1. The first-order valence-corrected chi connectivity index (χ1v) is 9.99. The Kier molecular flexibility index (Phi) is 3.77. The number of hydrogen-bond acceptors (Lipinski definition) is 6. The molecule has 1 spiro atoms. The van der Waals surface area contributed by atoms with Crippen LogP contribution in [0.25, 0.3) is 10.9 Å². The van der Waals surface area contributed by atoms with Crippen LogP contribution in [0.15, 0.2) is 23.1 Å². The van der Waals surface area contributed by atoms with Crippen LogP contribution in [0.2, 0.25) is 0 Å². The number of aromatic nitrogens is 1. The lowest BCUT2D eigenvalue weighted by atomic mass is 9.75. The second kappa shape index (κ2) is 6.01. The van der Waals surface area contributed by atoms with Crippen molar-refractivity contribution in [2.24, 2.45) is 11.8 Å². The highest BCUT2D eigenvalue weighted by Crippen LogP contribution is 2.53. The number of benzene rings is 1. The third-order valence-corrected chi connectivity index (χ3v) is 6.85. The maximum Gasteiger partial charge on any atom is 0.341 e. The molecule has 5 rings (SSSR count). The molecule has 0 radical (unpaired) electrons. The Bertz CT molecular complexity index is 1300. The van der Waals surface area contributed by atoms with Crippen LogP contribution < -0.4 is 16.1 Å². The molecule has 10 nitrogen and oxygen atoms in total. The van der Waals surface area contributed by atoms with E-state index in [1.54, 1.807) is 23.6 Å². The summed E-state index contributed by atoms with van der Waals surface area (Å²) in [5.74, 6) is -4.59. The summed E-state index contributed by atoms with van der Waals surface area (Å²) >= 11 is 0. The topological polar surface area (TPSA) is 138 Å². The van der Waals surface area contributed by atoms with Gasteiger partial charge in [-0.05, 0) is 26.0 Å². The van der Waals surface area contributed by atoms with E-state index < -0.39 is 52.2 Å². The van der Waals surface area contributed by atoms with E-state index in [-0.39, 0.29) is 16.9 Å². The van der Waals surface area contributed by atoms with Gasteiger partial charge in [0.2, 0.25) is 23.2 Å². The van der Waals surface area contributed by atoms with Crippen molar-refractivity contribution in [3.05, 3.63) is 39.7 Å². The molecule has 1 aromatic carbocycles. The minimum atomic E-state index is -1.64. The number of fused-ring (bicyclic) bond motifs is 6. The lowest BCUT2D eigenvalue weighted by Gasteiger charge is -2.29. The van der Waals surface area contributed by atoms with Gasteiger partial charge >= 0.3 is 5.97 Å². The third kappa shape index (κ3) is 2.12. The minimum Gasteiger partial charge on any atom is -0.477 e. The smallest absolute Gasteiger partial charge is 0.341 e. The number of anilines is 1. The van der Waals surface area contributed by atoms with Gasteiger partial charge in [0.1, 0.15) is 11.1 Å². The van der Waals surface area contributed by atoms with Crippen LogP contribution in [0.1, 0.15) is 29.8 Å². The molecule has 3 aliphatic heterocycles. The molecule has 2 aromatic rings. The number of nitrogens with zero attached hydrogens (tertiary/aromatic N) is 2. The molecule has 1 aromatic heterocycles. The molecule has 4 unspecified atom stereocenters. The van der Waals surface area contributed by atoms with Gasteiger partial charge in [0.15, 0.2) is 0 Å². The van der Waals surface area contributed by atoms with Crippen molar-refractivity contribution in [3.8, 4) is 0 Å². The Morgan fingerprint density at radius 3 is 2.55 bits per heavy atom. The number of carbonyl (C=O) groups is 4. The Labute approximate surface area is 175 Å². The summed E-state index contributed by atoms with van der Waals surface area (Å²) in [6.07, 6.45) is 1.28. The average Bonchev–Trinajstić information content (AvgIpc) is 3.28. The van der Waals surface area contributed by atoms with Crippen molar-refractivity contribution in [2.75, 3.05) is 12.4 Å². The fraction of sp³-hybridized carbons (Fsp3) is 0.381. The summed E-state index contributed by atoms with van der Waals surface area (Å²) in [6, 6.07) is 2.78. The summed E-state index contributed by atoms with van der Waals surface area (Å²) in [5, 5.41) is 15.5. The molecular weight excluding hydrogens is 404 g/mol. The molecule has 160 valence electrons. The number of carboxylic acid groups (broad SMARTS) is 1. The molecule has 31 heavy (non-hydrogen) atoms. The van der Waals surface area contributed by atoms with Gasteiger partial charge in [-0.2, -0.15) is 0 Å². The molecule has 3 aliphatic rings. The Morgan fingerprint density at radius 2 is 1.90 bits per heavy atom. The van der Waals surface area contributed by atoms with E-state index >= 15 is 0 Å². The van der Waals surface area contributed by atoms with E-state index in [1.165, 1.54) is 13.2 Å².